The molecule has 1 fully saturated rings. The summed E-state index contributed by atoms with van der Waals surface area (Å²) >= 11 is 0. The van der Waals surface area contributed by atoms with Crippen LogP contribution in [0.25, 0.3) is 0 Å². The molecule has 0 bridgehead atoms. The molecular weight excluding hydrogens is 164 g/mol. The predicted octanol–water partition coefficient (Wildman–Crippen LogP) is 1.35. The van der Waals surface area contributed by atoms with Gasteiger partial charge in [0.05, 0.1) is 6.20 Å². The molecule has 0 saturated heterocycles. The van der Waals surface area contributed by atoms with E-state index in [4.69, 9.17) is 0 Å². The molecule has 0 unspecified atom stereocenters. The van der Waals surface area contributed by atoms with Crippen LogP contribution in [-0.4, -0.2) is 9.78 Å². The van der Waals surface area contributed by atoms with Gasteiger partial charge in [0.25, 0.3) is 5.56 Å². The van der Waals surface area contributed by atoms with Crippen LogP contribution in [0.3, 0.4) is 0 Å². The van der Waals surface area contributed by atoms with E-state index in [1.807, 2.05) is 6.92 Å². The van der Waals surface area contributed by atoms with Gasteiger partial charge in [-0.15, -0.1) is 0 Å². The fourth-order valence-electron chi connectivity index (χ4n) is 1.40. The number of rotatable bonds is 3. The number of hydrogen-bond acceptors (Lipinski definition) is 2. The zero-order chi connectivity index (χ0) is 9.26. The number of aryl methyl sites for hydroxylation is 2. The third kappa shape index (κ3) is 2.17. The lowest BCUT2D eigenvalue weighted by molar-refractivity contribution is 0.520. The Bertz CT molecular complexity index is 352. The molecule has 3 nitrogen and oxygen atoms in total. The molecule has 1 aliphatic carbocycles. The Kier molecular flexibility index (Phi) is 2.17. The van der Waals surface area contributed by atoms with Crippen molar-refractivity contribution in [3.8, 4) is 0 Å². The van der Waals surface area contributed by atoms with Gasteiger partial charge in [0.2, 0.25) is 0 Å². The van der Waals surface area contributed by atoms with E-state index in [1.165, 1.54) is 12.8 Å². The molecule has 70 valence electrons. The Morgan fingerprint density at radius 1 is 1.62 bits per heavy atom. The summed E-state index contributed by atoms with van der Waals surface area (Å²) < 4.78 is 1.56. The van der Waals surface area contributed by atoms with Crippen LogP contribution in [0, 0.1) is 12.8 Å². The topological polar surface area (TPSA) is 34.9 Å². The lowest BCUT2D eigenvalue weighted by atomic mass is 10.3. The maximum atomic E-state index is 11.4. The molecule has 2 rings (SSSR count). The molecule has 0 spiro atoms. The molecule has 0 N–H and O–H groups in total. The van der Waals surface area contributed by atoms with Crippen molar-refractivity contribution in [2.45, 2.75) is 32.7 Å². The van der Waals surface area contributed by atoms with Gasteiger partial charge < -0.3 is 0 Å². The Balaban J connectivity index is 2.06. The SMILES string of the molecule is Cc1cnn(CCC2CC2)c(=O)c1. The maximum absolute atomic E-state index is 11.4. The standard InChI is InChI=1S/C10H14N2O/c1-8-6-10(13)12(11-7-8)5-4-9-2-3-9/h6-7,9H,2-5H2,1H3. The van der Waals surface area contributed by atoms with Crippen LogP contribution < -0.4 is 5.56 Å². The van der Waals surface area contributed by atoms with Crippen molar-refractivity contribution in [3.63, 3.8) is 0 Å². The third-order valence-electron chi connectivity index (χ3n) is 2.45. The molecular formula is C10H14N2O. The van der Waals surface area contributed by atoms with E-state index in [9.17, 15) is 4.79 Å². The van der Waals surface area contributed by atoms with E-state index in [0.717, 1.165) is 24.4 Å². The van der Waals surface area contributed by atoms with Gasteiger partial charge in [-0.05, 0) is 24.8 Å². The van der Waals surface area contributed by atoms with Crippen molar-refractivity contribution in [2.24, 2.45) is 5.92 Å². The zero-order valence-electron chi connectivity index (χ0n) is 7.86. The second-order valence-electron chi connectivity index (χ2n) is 3.83. The maximum Gasteiger partial charge on any atom is 0.266 e. The highest BCUT2D eigenvalue weighted by molar-refractivity contribution is 5.02. The van der Waals surface area contributed by atoms with E-state index in [2.05, 4.69) is 5.10 Å². The fraction of sp³-hybridized carbons (Fsp3) is 0.600. The average molecular weight is 178 g/mol. The van der Waals surface area contributed by atoms with Crippen LogP contribution in [0.2, 0.25) is 0 Å². The molecule has 0 aromatic carbocycles. The highest BCUT2D eigenvalue weighted by Gasteiger charge is 2.20. The molecule has 13 heavy (non-hydrogen) atoms. The van der Waals surface area contributed by atoms with Crippen LogP contribution in [0.15, 0.2) is 17.1 Å². The summed E-state index contributed by atoms with van der Waals surface area (Å²) in [5.41, 5.74) is 0.966. The minimum Gasteiger partial charge on any atom is -0.268 e. The average Bonchev–Trinajstić information content (AvgIpc) is 2.86. The summed E-state index contributed by atoms with van der Waals surface area (Å²) in [6, 6.07) is 1.64. The summed E-state index contributed by atoms with van der Waals surface area (Å²) in [5.74, 6) is 0.856. The van der Waals surface area contributed by atoms with E-state index in [0.29, 0.717) is 0 Å². The second kappa shape index (κ2) is 3.32. The highest BCUT2D eigenvalue weighted by Crippen LogP contribution is 2.32. The van der Waals surface area contributed by atoms with E-state index in [-0.39, 0.29) is 5.56 Å². The van der Waals surface area contributed by atoms with Gasteiger partial charge in [0.1, 0.15) is 0 Å². The Morgan fingerprint density at radius 2 is 2.38 bits per heavy atom. The van der Waals surface area contributed by atoms with Gasteiger partial charge >= 0.3 is 0 Å². The minimum absolute atomic E-state index is 0.0284. The van der Waals surface area contributed by atoms with Crippen LogP contribution in [0.5, 0.6) is 0 Å². The zero-order valence-corrected chi connectivity index (χ0v) is 7.86. The summed E-state index contributed by atoms with van der Waals surface area (Å²) in [5, 5.41) is 4.08. The lowest BCUT2D eigenvalue weighted by Gasteiger charge is -2.02. The van der Waals surface area contributed by atoms with Crippen molar-refractivity contribution in [2.75, 3.05) is 0 Å². The first-order valence-corrected chi connectivity index (χ1v) is 4.79. The van der Waals surface area contributed by atoms with E-state index < -0.39 is 0 Å². The molecule has 0 amide bonds. The number of aromatic nitrogens is 2. The Hall–Kier alpha value is -1.12. The molecule has 0 atom stereocenters. The van der Waals surface area contributed by atoms with Gasteiger partial charge in [0.15, 0.2) is 0 Å². The Morgan fingerprint density at radius 3 is 3.00 bits per heavy atom. The summed E-state index contributed by atoms with van der Waals surface area (Å²) in [6.07, 6.45) is 5.52. The van der Waals surface area contributed by atoms with Crippen LogP contribution in [-0.2, 0) is 6.54 Å². The predicted molar refractivity (Wildman–Crippen MR) is 50.6 cm³/mol. The van der Waals surface area contributed by atoms with Crippen molar-refractivity contribution in [1.29, 1.82) is 0 Å². The minimum atomic E-state index is 0.0284. The lowest BCUT2D eigenvalue weighted by Crippen LogP contribution is -2.22. The molecule has 1 aliphatic rings. The first kappa shape index (κ1) is 8.48. The fourth-order valence-corrected chi connectivity index (χ4v) is 1.40. The van der Waals surface area contributed by atoms with Gasteiger partial charge in [-0.25, -0.2) is 4.68 Å². The van der Waals surface area contributed by atoms with Crippen LogP contribution in [0.1, 0.15) is 24.8 Å². The third-order valence-corrected chi connectivity index (χ3v) is 2.45. The molecule has 1 saturated carbocycles. The number of hydrogen-bond donors (Lipinski definition) is 0. The van der Waals surface area contributed by atoms with E-state index >= 15 is 0 Å². The monoisotopic (exact) mass is 178 g/mol. The smallest absolute Gasteiger partial charge is 0.266 e. The van der Waals surface area contributed by atoms with Crippen molar-refractivity contribution >= 4 is 0 Å². The van der Waals surface area contributed by atoms with Gasteiger partial charge in [0, 0.05) is 12.6 Å². The first-order chi connectivity index (χ1) is 6.25. The quantitative estimate of drug-likeness (QED) is 0.700. The first-order valence-electron chi connectivity index (χ1n) is 4.79. The van der Waals surface area contributed by atoms with Crippen molar-refractivity contribution in [3.05, 3.63) is 28.2 Å². The Labute approximate surface area is 77.4 Å². The van der Waals surface area contributed by atoms with Gasteiger partial charge in [-0.2, -0.15) is 5.10 Å². The van der Waals surface area contributed by atoms with Crippen LogP contribution in [0.4, 0.5) is 0 Å². The molecule has 0 radical (unpaired) electrons. The van der Waals surface area contributed by atoms with Crippen LogP contribution >= 0.6 is 0 Å². The molecule has 0 aliphatic heterocycles. The second-order valence-corrected chi connectivity index (χ2v) is 3.83. The molecule has 3 heteroatoms. The van der Waals surface area contributed by atoms with Crippen molar-refractivity contribution < 1.29 is 0 Å². The normalized spacial score (nSPS) is 16.1. The summed E-state index contributed by atoms with van der Waals surface area (Å²) in [7, 11) is 0. The highest BCUT2D eigenvalue weighted by atomic mass is 16.1. The summed E-state index contributed by atoms with van der Waals surface area (Å²) in [4.78, 5) is 11.4. The molecule has 1 heterocycles. The summed E-state index contributed by atoms with van der Waals surface area (Å²) in [6.45, 7) is 2.67. The van der Waals surface area contributed by atoms with Crippen molar-refractivity contribution in [1.82, 2.24) is 9.78 Å². The molecule has 1 aromatic rings. The van der Waals surface area contributed by atoms with Gasteiger partial charge in [-0.3, -0.25) is 4.79 Å². The largest absolute Gasteiger partial charge is 0.268 e. The van der Waals surface area contributed by atoms with Gasteiger partial charge in [-0.1, -0.05) is 12.8 Å². The number of nitrogens with zero attached hydrogens (tertiary/aromatic N) is 2. The van der Waals surface area contributed by atoms with E-state index in [1.54, 1.807) is 16.9 Å². The molecule has 1 aromatic heterocycles.